The van der Waals surface area contributed by atoms with Crippen LogP contribution in [-0.4, -0.2) is 47.9 Å². The number of carbonyl (C=O) groups is 3. The van der Waals surface area contributed by atoms with E-state index in [2.05, 4.69) is 6.58 Å². The third-order valence-electron chi connectivity index (χ3n) is 5.91. The molecule has 0 aromatic rings. The summed E-state index contributed by atoms with van der Waals surface area (Å²) in [5, 5.41) is 0. The van der Waals surface area contributed by atoms with Gasteiger partial charge in [-0.25, -0.2) is 9.59 Å². The first-order valence-electron chi connectivity index (χ1n) is 9.82. The third kappa shape index (κ3) is 4.29. The zero-order valence-corrected chi connectivity index (χ0v) is 17.5. The van der Waals surface area contributed by atoms with Gasteiger partial charge in [0.25, 0.3) is 0 Å². The van der Waals surface area contributed by atoms with Crippen LogP contribution in [0.4, 0.5) is 0 Å². The van der Waals surface area contributed by atoms with E-state index in [1.807, 2.05) is 26.8 Å². The average molecular weight is 404 g/mol. The van der Waals surface area contributed by atoms with Crippen LogP contribution in [0.25, 0.3) is 0 Å². The lowest BCUT2D eigenvalue weighted by molar-refractivity contribution is -0.158. The first-order valence-corrected chi connectivity index (χ1v) is 9.82. The van der Waals surface area contributed by atoms with E-state index in [0.29, 0.717) is 12.8 Å². The number of fused-ring (bicyclic) bond motifs is 1. The summed E-state index contributed by atoms with van der Waals surface area (Å²) in [7, 11) is 0. The summed E-state index contributed by atoms with van der Waals surface area (Å²) >= 11 is 0. The smallest absolute Gasteiger partial charge is 0.341 e. The molecule has 3 rings (SSSR count). The largest absolute Gasteiger partial charge is 0.459 e. The molecule has 0 radical (unpaired) electrons. The topological polar surface area (TPSA) is 91.4 Å². The Hall–Kier alpha value is -2.41. The lowest BCUT2D eigenvalue weighted by atomic mass is 9.85. The van der Waals surface area contributed by atoms with E-state index >= 15 is 0 Å². The van der Waals surface area contributed by atoms with Crippen molar-refractivity contribution in [3.8, 4) is 0 Å². The molecule has 0 spiro atoms. The third-order valence-corrected chi connectivity index (χ3v) is 5.91. The molecule has 158 valence electrons. The fourth-order valence-electron chi connectivity index (χ4n) is 3.83. The monoisotopic (exact) mass is 404 g/mol. The van der Waals surface area contributed by atoms with Crippen molar-refractivity contribution in [2.75, 3.05) is 0 Å². The fourth-order valence-corrected chi connectivity index (χ4v) is 3.83. The summed E-state index contributed by atoms with van der Waals surface area (Å²) in [5.74, 6) is -1.88. The molecule has 7 nitrogen and oxygen atoms in total. The van der Waals surface area contributed by atoms with Gasteiger partial charge in [0.05, 0.1) is 12.0 Å². The van der Waals surface area contributed by atoms with Gasteiger partial charge in [-0.3, -0.25) is 4.79 Å². The number of carbonyl (C=O) groups excluding carboxylic acids is 3. The van der Waals surface area contributed by atoms with Crippen LogP contribution in [0.1, 0.15) is 47.5 Å². The Morgan fingerprint density at radius 3 is 2.52 bits per heavy atom. The predicted molar refractivity (Wildman–Crippen MR) is 104 cm³/mol. The zero-order valence-electron chi connectivity index (χ0n) is 17.5. The Bertz CT molecular complexity index is 808. The minimum atomic E-state index is -0.959. The van der Waals surface area contributed by atoms with Gasteiger partial charge < -0.3 is 18.9 Å². The second-order valence-electron chi connectivity index (χ2n) is 8.23. The van der Waals surface area contributed by atoms with E-state index in [1.54, 1.807) is 13.0 Å². The molecule has 0 amide bonds. The maximum absolute atomic E-state index is 12.7. The van der Waals surface area contributed by atoms with E-state index in [1.165, 1.54) is 6.92 Å². The van der Waals surface area contributed by atoms with Gasteiger partial charge in [0.1, 0.15) is 18.3 Å². The highest BCUT2D eigenvalue weighted by atomic mass is 16.7. The van der Waals surface area contributed by atoms with Crippen LogP contribution in [0.15, 0.2) is 35.5 Å². The number of hydrogen-bond donors (Lipinski definition) is 0. The molecule has 6 atom stereocenters. The molecular weight excluding hydrogens is 376 g/mol. The molecule has 2 heterocycles. The number of ether oxygens (including phenoxy) is 4. The molecule has 0 saturated carbocycles. The van der Waals surface area contributed by atoms with Gasteiger partial charge in [0.15, 0.2) is 5.60 Å². The van der Waals surface area contributed by atoms with Gasteiger partial charge in [-0.2, -0.15) is 0 Å². The SMILES string of the molecule is C=C1C(=O)OC2/C=C(/C)C(OC(C)=O)C/C=C(/C)CC(OC(=O)C3(C)OC3C)[C@@H]12. The second kappa shape index (κ2) is 7.78. The van der Waals surface area contributed by atoms with Gasteiger partial charge in [-0.05, 0) is 39.3 Å². The summed E-state index contributed by atoms with van der Waals surface area (Å²) in [6, 6.07) is 0. The first kappa shape index (κ1) is 21.3. The Labute approximate surface area is 170 Å². The zero-order chi connectivity index (χ0) is 21.5. The van der Waals surface area contributed by atoms with Crippen LogP contribution in [0, 0.1) is 5.92 Å². The van der Waals surface area contributed by atoms with E-state index < -0.39 is 41.8 Å². The van der Waals surface area contributed by atoms with Crippen LogP contribution in [0.5, 0.6) is 0 Å². The van der Waals surface area contributed by atoms with Crippen molar-refractivity contribution in [3.05, 3.63) is 35.5 Å². The molecule has 0 aromatic carbocycles. The van der Waals surface area contributed by atoms with Crippen molar-refractivity contribution in [1.29, 1.82) is 0 Å². The molecule has 1 aliphatic carbocycles. The first-order chi connectivity index (χ1) is 13.5. The van der Waals surface area contributed by atoms with E-state index in [0.717, 1.165) is 11.1 Å². The summed E-state index contributed by atoms with van der Waals surface area (Å²) in [6.45, 7) is 12.5. The summed E-state index contributed by atoms with van der Waals surface area (Å²) in [6.07, 6.45) is 2.69. The molecule has 2 fully saturated rings. The molecule has 3 aliphatic rings. The van der Waals surface area contributed by atoms with Crippen molar-refractivity contribution in [2.45, 2.75) is 77.5 Å². The van der Waals surface area contributed by atoms with Gasteiger partial charge in [0.2, 0.25) is 0 Å². The molecule has 0 N–H and O–H groups in total. The molecular formula is C22H28O7. The van der Waals surface area contributed by atoms with Crippen molar-refractivity contribution in [3.63, 3.8) is 0 Å². The molecule has 0 aromatic heterocycles. The molecule has 29 heavy (non-hydrogen) atoms. The highest BCUT2D eigenvalue weighted by Gasteiger charge is 2.58. The van der Waals surface area contributed by atoms with Gasteiger partial charge in [-0.15, -0.1) is 0 Å². The highest BCUT2D eigenvalue weighted by Crippen LogP contribution is 2.40. The molecule has 2 aliphatic heterocycles. The maximum atomic E-state index is 12.7. The van der Waals surface area contributed by atoms with Gasteiger partial charge >= 0.3 is 17.9 Å². The molecule has 0 bridgehead atoms. The molecule has 7 heteroatoms. The molecule has 5 unspecified atom stereocenters. The van der Waals surface area contributed by atoms with Crippen molar-refractivity contribution < 1.29 is 33.3 Å². The van der Waals surface area contributed by atoms with Crippen LogP contribution in [-0.2, 0) is 33.3 Å². The van der Waals surface area contributed by atoms with E-state index in [-0.39, 0.29) is 17.6 Å². The van der Waals surface area contributed by atoms with Crippen LogP contribution in [0.2, 0.25) is 0 Å². The minimum absolute atomic E-state index is 0.210. The van der Waals surface area contributed by atoms with Crippen molar-refractivity contribution in [1.82, 2.24) is 0 Å². The van der Waals surface area contributed by atoms with Gasteiger partial charge in [-0.1, -0.05) is 18.2 Å². The lowest BCUT2D eigenvalue weighted by Gasteiger charge is -2.29. The standard InChI is InChI=1S/C22H28O7/c1-11-7-8-16(26-15(5)23)12(2)10-18-19(13(3)20(24)27-18)17(9-11)28-21(25)22(6)14(4)29-22/h7,10,14,16-19H,3,8-9H2,1-2,4-6H3/b11-7-,12-10-/t14?,16?,17?,18?,19-,22?/m1/s1. The summed E-state index contributed by atoms with van der Waals surface area (Å²) in [5.41, 5.74) is 1.03. The molecule has 2 saturated heterocycles. The predicted octanol–water partition coefficient (Wildman–Crippen LogP) is 2.79. The number of epoxide rings is 1. The van der Waals surface area contributed by atoms with E-state index in [9.17, 15) is 14.4 Å². The lowest BCUT2D eigenvalue weighted by Crippen LogP contribution is -2.38. The number of hydrogen-bond acceptors (Lipinski definition) is 7. The van der Waals surface area contributed by atoms with E-state index in [4.69, 9.17) is 18.9 Å². The normalized spacial score (nSPS) is 40.5. The van der Waals surface area contributed by atoms with Crippen molar-refractivity contribution >= 4 is 17.9 Å². The minimum Gasteiger partial charge on any atom is -0.459 e. The Kier molecular flexibility index (Phi) is 5.72. The summed E-state index contributed by atoms with van der Waals surface area (Å²) in [4.78, 5) is 36.4. The van der Waals surface area contributed by atoms with Gasteiger partial charge in [0, 0.05) is 25.3 Å². The number of rotatable bonds is 3. The summed E-state index contributed by atoms with van der Waals surface area (Å²) < 4.78 is 22.2. The maximum Gasteiger partial charge on any atom is 0.341 e. The van der Waals surface area contributed by atoms with Crippen LogP contribution >= 0.6 is 0 Å². The number of esters is 3. The second-order valence-corrected chi connectivity index (χ2v) is 8.23. The Balaban J connectivity index is 1.93. The van der Waals surface area contributed by atoms with Crippen molar-refractivity contribution in [2.24, 2.45) is 5.92 Å². The Morgan fingerprint density at radius 2 is 1.93 bits per heavy atom. The quantitative estimate of drug-likeness (QED) is 0.235. The Morgan fingerprint density at radius 1 is 1.28 bits per heavy atom. The highest BCUT2D eigenvalue weighted by molar-refractivity contribution is 5.91. The van der Waals surface area contributed by atoms with Crippen LogP contribution in [0.3, 0.4) is 0 Å². The average Bonchev–Trinajstić information content (AvgIpc) is 3.15. The fraction of sp³-hybridized carbons (Fsp3) is 0.591. The van der Waals surface area contributed by atoms with Crippen LogP contribution < -0.4 is 0 Å².